The van der Waals surface area contributed by atoms with Gasteiger partial charge in [0.05, 0.1) is 36.1 Å². The van der Waals surface area contributed by atoms with Crippen molar-refractivity contribution in [2.24, 2.45) is 0 Å². The Morgan fingerprint density at radius 3 is 2.68 bits per heavy atom. The molecule has 1 amide bonds. The van der Waals surface area contributed by atoms with Crippen molar-refractivity contribution in [2.75, 3.05) is 25.1 Å². The number of anilines is 1. The lowest BCUT2D eigenvalue weighted by Gasteiger charge is -2.28. The van der Waals surface area contributed by atoms with E-state index in [-0.39, 0.29) is 17.9 Å². The fourth-order valence-corrected chi connectivity index (χ4v) is 4.35. The molecule has 1 aromatic heterocycles. The third-order valence-electron chi connectivity index (χ3n) is 6.11. The number of carbonyl (C=O) groups is 2. The molecule has 0 saturated carbocycles. The van der Waals surface area contributed by atoms with E-state index in [9.17, 15) is 19.1 Å². The Labute approximate surface area is 195 Å². The van der Waals surface area contributed by atoms with Gasteiger partial charge in [-0.2, -0.15) is 0 Å². The summed E-state index contributed by atoms with van der Waals surface area (Å²) in [4.78, 5) is 33.9. The molecule has 2 aliphatic heterocycles. The summed E-state index contributed by atoms with van der Waals surface area (Å²) in [5.41, 5.74) is 2.21. The minimum absolute atomic E-state index is 0.0492. The maximum absolute atomic E-state index is 13.7. The zero-order valence-electron chi connectivity index (χ0n) is 18.4. The highest BCUT2D eigenvalue weighted by Crippen LogP contribution is 2.41. The molecule has 2 aromatic carbocycles. The fourth-order valence-electron chi connectivity index (χ4n) is 4.35. The van der Waals surface area contributed by atoms with E-state index in [4.69, 9.17) is 4.74 Å². The summed E-state index contributed by atoms with van der Waals surface area (Å²) in [6, 6.07) is 15.1. The van der Waals surface area contributed by atoms with E-state index in [0.29, 0.717) is 35.7 Å². The molecular formula is C26H22FN3O4. The molecule has 1 fully saturated rings. The smallest absolute Gasteiger partial charge is 0.296 e. The lowest BCUT2D eigenvalue weighted by molar-refractivity contribution is -0.140. The number of amides is 1. The Balaban J connectivity index is 1.64. The number of likely N-dealkylation sites (tertiary alicyclic amines) is 1. The van der Waals surface area contributed by atoms with E-state index in [1.807, 2.05) is 11.9 Å². The highest BCUT2D eigenvalue weighted by atomic mass is 19.1. The number of rotatable bonds is 4. The fraction of sp³-hybridized carbons (Fsp3) is 0.192. The van der Waals surface area contributed by atoms with Gasteiger partial charge in [-0.25, -0.2) is 4.39 Å². The van der Waals surface area contributed by atoms with Gasteiger partial charge in [0.1, 0.15) is 23.9 Å². The van der Waals surface area contributed by atoms with E-state index in [0.717, 1.165) is 5.69 Å². The van der Waals surface area contributed by atoms with Gasteiger partial charge in [-0.1, -0.05) is 18.2 Å². The second kappa shape index (κ2) is 8.62. The summed E-state index contributed by atoms with van der Waals surface area (Å²) in [5, 5.41) is 11.3. The molecule has 7 nitrogen and oxygen atoms in total. The van der Waals surface area contributed by atoms with Crippen molar-refractivity contribution in [3.8, 4) is 5.75 Å². The molecule has 2 aliphatic rings. The Morgan fingerprint density at radius 1 is 1.15 bits per heavy atom. The Kier molecular flexibility index (Phi) is 5.49. The quantitative estimate of drug-likeness (QED) is 0.364. The molecule has 0 aliphatic carbocycles. The second-order valence-electron chi connectivity index (χ2n) is 8.25. The lowest BCUT2D eigenvalue weighted by atomic mass is 9.95. The average Bonchev–Trinajstić information content (AvgIpc) is 3.10. The number of Topliss-reactive ketones (excluding diaryl/α,β-unsaturated/α-hetero) is 1. The van der Waals surface area contributed by atoms with Gasteiger partial charge in [-0.15, -0.1) is 0 Å². The molecule has 1 saturated heterocycles. The van der Waals surface area contributed by atoms with Crippen molar-refractivity contribution in [3.05, 3.63) is 95.1 Å². The van der Waals surface area contributed by atoms with Crippen LogP contribution in [0.1, 0.15) is 22.9 Å². The molecule has 1 N–H and O–H groups in total. The zero-order valence-corrected chi connectivity index (χ0v) is 18.4. The van der Waals surface area contributed by atoms with Gasteiger partial charge >= 0.3 is 0 Å². The van der Waals surface area contributed by atoms with E-state index in [1.165, 1.54) is 29.2 Å². The van der Waals surface area contributed by atoms with E-state index < -0.39 is 23.5 Å². The Hall–Kier alpha value is -4.20. The molecule has 5 rings (SSSR count). The van der Waals surface area contributed by atoms with E-state index in [2.05, 4.69) is 4.98 Å². The Morgan fingerprint density at radius 2 is 1.94 bits per heavy atom. The van der Waals surface area contributed by atoms with Crippen LogP contribution < -0.4 is 9.64 Å². The highest BCUT2D eigenvalue weighted by Gasteiger charge is 2.46. The maximum Gasteiger partial charge on any atom is 0.296 e. The molecule has 1 atom stereocenters. The summed E-state index contributed by atoms with van der Waals surface area (Å²) >= 11 is 0. The molecule has 0 spiro atoms. The SMILES string of the molecule is CN1CCOc2ccc(/C(O)=C3/C(=O)C(=O)N(Cc4ccccn4)C3c3ccc(F)cc3)cc21. The van der Waals surface area contributed by atoms with Gasteiger partial charge in [0, 0.05) is 18.8 Å². The molecule has 3 heterocycles. The highest BCUT2D eigenvalue weighted by molar-refractivity contribution is 6.46. The average molecular weight is 459 g/mol. The van der Waals surface area contributed by atoms with Crippen molar-refractivity contribution >= 4 is 23.1 Å². The number of carbonyl (C=O) groups excluding carboxylic acids is 2. The number of aromatic nitrogens is 1. The monoisotopic (exact) mass is 459 g/mol. The van der Waals surface area contributed by atoms with Gasteiger partial charge in [-0.3, -0.25) is 14.6 Å². The van der Waals surface area contributed by atoms with Crippen molar-refractivity contribution in [1.29, 1.82) is 0 Å². The Bertz CT molecular complexity index is 1290. The first-order valence-corrected chi connectivity index (χ1v) is 10.9. The van der Waals surface area contributed by atoms with Crippen LogP contribution in [-0.4, -0.2) is 46.9 Å². The van der Waals surface area contributed by atoms with Gasteiger partial charge in [0.15, 0.2) is 0 Å². The number of likely N-dealkylation sites (N-methyl/N-ethyl adjacent to an activating group) is 1. The van der Waals surface area contributed by atoms with Gasteiger partial charge < -0.3 is 19.6 Å². The predicted molar refractivity (Wildman–Crippen MR) is 124 cm³/mol. The van der Waals surface area contributed by atoms with Gasteiger partial charge in [0.25, 0.3) is 11.7 Å². The molecule has 1 unspecified atom stereocenters. The van der Waals surface area contributed by atoms with Crippen molar-refractivity contribution in [3.63, 3.8) is 0 Å². The number of aliphatic hydroxyl groups is 1. The topological polar surface area (TPSA) is 83.0 Å². The summed E-state index contributed by atoms with van der Waals surface area (Å²) < 4.78 is 19.3. The molecule has 0 radical (unpaired) electrons. The van der Waals surface area contributed by atoms with Crippen molar-refractivity contribution in [2.45, 2.75) is 12.6 Å². The maximum atomic E-state index is 13.7. The first kappa shape index (κ1) is 21.6. The number of ketones is 1. The number of pyridine rings is 1. The van der Waals surface area contributed by atoms with Gasteiger partial charge in [0.2, 0.25) is 0 Å². The molecule has 0 bridgehead atoms. The van der Waals surface area contributed by atoms with Crippen LogP contribution in [0.25, 0.3) is 5.76 Å². The number of nitrogens with zero attached hydrogens (tertiary/aromatic N) is 3. The number of ether oxygens (including phenoxy) is 1. The predicted octanol–water partition coefficient (Wildman–Crippen LogP) is 3.67. The number of benzene rings is 2. The van der Waals surface area contributed by atoms with Crippen LogP contribution in [0.2, 0.25) is 0 Å². The van der Waals surface area contributed by atoms with Crippen LogP contribution in [0, 0.1) is 5.82 Å². The summed E-state index contributed by atoms with van der Waals surface area (Å²) in [6.07, 6.45) is 1.60. The van der Waals surface area contributed by atoms with Gasteiger partial charge in [-0.05, 0) is 48.0 Å². The molecule has 3 aromatic rings. The number of hydrogen-bond acceptors (Lipinski definition) is 6. The second-order valence-corrected chi connectivity index (χ2v) is 8.25. The molecule has 172 valence electrons. The van der Waals surface area contributed by atoms with Crippen molar-refractivity contribution < 1.29 is 23.8 Å². The van der Waals surface area contributed by atoms with E-state index in [1.54, 1.807) is 42.6 Å². The number of hydrogen-bond donors (Lipinski definition) is 1. The molecule has 34 heavy (non-hydrogen) atoms. The van der Waals surface area contributed by atoms with Crippen LogP contribution >= 0.6 is 0 Å². The zero-order chi connectivity index (χ0) is 23.8. The number of fused-ring (bicyclic) bond motifs is 1. The van der Waals surface area contributed by atoms with Crippen LogP contribution in [0.3, 0.4) is 0 Å². The normalized spacial score (nSPS) is 19.2. The first-order chi connectivity index (χ1) is 16.4. The summed E-state index contributed by atoms with van der Waals surface area (Å²) in [6.45, 7) is 1.30. The van der Waals surface area contributed by atoms with Crippen LogP contribution in [0.5, 0.6) is 5.75 Å². The third kappa shape index (κ3) is 3.77. The molecule has 8 heteroatoms. The minimum atomic E-state index is -0.896. The number of halogens is 1. The van der Waals surface area contributed by atoms with Crippen molar-refractivity contribution in [1.82, 2.24) is 9.88 Å². The summed E-state index contributed by atoms with van der Waals surface area (Å²) in [7, 11) is 1.91. The van der Waals surface area contributed by atoms with E-state index >= 15 is 0 Å². The standard InChI is InChI=1S/C26H22FN3O4/c1-29-12-13-34-21-10-7-17(14-20(21)29)24(31)22-23(16-5-8-18(27)9-6-16)30(26(33)25(22)32)15-19-4-2-3-11-28-19/h2-11,14,23,31H,12-13,15H2,1H3/b24-22-. The first-order valence-electron chi connectivity index (χ1n) is 10.9. The minimum Gasteiger partial charge on any atom is -0.507 e. The summed E-state index contributed by atoms with van der Waals surface area (Å²) in [5.74, 6) is -1.61. The molecular weight excluding hydrogens is 437 g/mol. The lowest BCUT2D eigenvalue weighted by Crippen LogP contribution is -2.29. The third-order valence-corrected chi connectivity index (χ3v) is 6.11. The van der Waals surface area contributed by atoms with Crippen LogP contribution in [-0.2, 0) is 16.1 Å². The van der Waals surface area contributed by atoms with Crippen LogP contribution in [0.15, 0.2) is 72.4 Å². The largest absolute Gasteiger partial charge is 0.507 e. The number of aliphatic hydroxyl groups excluding tert-OH is 1. The van der Waals surface area contributed by atoms with Crippen LogP contribution in [0.4, 0.5) is 10.1 Å².